The lowest BCUT2D eigenvalue weighted by Gasteiger charge is -2.18. The molecule has 0 spiro atoms. The highest BCUT2D eigenvalue weighted by atomic mass is 15.1. The summed E-state index contributed by atoms with van der Waals surface area (Å²) in [4.78, 5) is 2.49. The van der Waals surface area contributed by atoms with Gasteiger partial charge in [0.25, 0.3) is 0 Å². The van der Waals surface area contributed by atoms with Crippen molar-refractivity contribution in [1.82, 2.24) is 4.90 Å². The third kappa shape index (κ3) is 4.86. The number of nitrogens with zero attached hydrogens (tertiary/aromatic N) is 1. The Morgan fingerprint density at radius 1 is 1.20 bits per heavy atom. The third-order valence-corrected chi connectivity index (χ3v) is 1.72. The predicted octanol–water partition coefficient (Wildman–Crippen LogP) is 1.89. The molecule has 0 atom stereocenters. The molecule has 0 aliphatic rings. The smallest absolute Gasteiger partial charge is 0.107 e. The van der Waals surface area contributed by atoms with Crippen molar-refractivity contribution in [3.05, 3.63) is 0 Å². The van der Waals surface area contributed by atoms with E-state index in [-0.39, 0.29) is 0 Å². The van der Waals surface area contributed by atoms with E-state index in [9.17, 15) is 0 Å². The average molecular weight is 140 g/mol. The molecule has 0 aliphatic carbocycles. The first kappa shape index (κ1) is 10.0. The molecule has 1 radical (unpaired) electrons. The van der Waals surface area contributed by atoms with Gasteiger partial charge in [0.1, 0.15) is 7.28 Å². The molecule has 2 heteroatoms. The molecule has 0 bridgehead atoms. The van der Waals surface area contributed by atoms with Crippen LogP contribution in [0.15, 0.2) is 0 Å². The van der Waals surface area contributed by atoms with Crippen LogP contribution in [0.3, 0.4) is 0 Å². The minimum Gasteiger partial charge on any atom is -0.304 e. The van der Waals surface area contributed by atoms with Crippen molar-refractivity contribution >= 4 is 7.28 Å². The normalized spacial score (nSPS) is 10.4. The highest BCUT2D eigenvalue weighted by molar-refractivity contribution is 6.33. The molecule has 0 aromatic rings. The minimum atomic E-state index is 1.20. The summed E-state index contributed by atoms with van der Waals surface area (Å²) in [5, 5.41) is 0. The lowest BCUT2D eigenvalue weighted by Crippen LogP contribution is -2.25. The standard InChI is InChI=1S/C8H19BN/c1-4-7-10(5-2)8-6-9-3/h4-8H2,1-3H3. The van der Waals surface area contributed by atoms with E-state index in [2.05, 4.69) is 32.8 Å². The van der Waals surface area contributed by atoms with Crippen LogP contribution in [-0.4, -0.2) is 31.8 Å². The van der Waals surface area contributed by atoms with E-state index in [1.54, 1.807) is 0 Å². The fourth-order valence-corrected chi connectivity index (χ4v) is 1.06. The van der Waals surface area contributed by atoms with Gasteiger partial charge in [-0.2, -0.15) is 0 Å². The Morgan fingerprint density at radius 2 is 1.90 bits per heavy atom. The van der Waals surface area contributed by atoms with Gasteiger partial charge in [-0.3, -0.25) is 0 Å². The van der Waals surface area contributed by atoms with Crippen molar-refractivity contribution in [3.8, 4) is 0 Å². The van der Waals surface area contributed by atoms with Crippen LogP contribution in [0.5, 0.6) is 0 Å². The molecule has 0 amide bonds. The first-order chi connectivity index (χ1) is 4.85. The Morgan fingerprint density at radius 3 is 2.30 bits per heavy atom. The second-order valence-corrected chi connectivity index (χ2v) is 2.63. The maximum atomic E-state index is 2.49. The second-order valence-electron chi connectivity index (χ2n) is 2.63. The van der Waals surface area contributed by atoms with Crippen molar-refractivity contribution in [3.63, 3.8) is 0 Å². The summed E-state index contributed by atoms with van der Waals surface area (Å²) >= 11 is 0. The molecule has 0 N–H and O–H groups in total. The van der Waals surface area contributed by atoms with Crippen LogP contribution in [0.2, 0.25) is 13.1 Å². The van der Waals surface area contributed by atoms with Gasteiger partial charge in [0, 0.05) is 0 Å². The SMILES string of the molecule is C[B]CCN(CC)CCC. The number of hydrogen-bond donors (Lipinski definition) is 0. The van der Waals surface area contributed by atoms with Crippen LogP contribution in [-0.2, 0) is 0 Å². The molecule has 0 rings (SSSR count). The van der Waals surface area contributed by atoms with E-state index in [4.69, 9.17) is 0 Å². The second kappa shape index (κ2) is 7.14. The molecule has 0 aromatic heterocycles. The van der Waals surface area contributed by atoms with Gasteiger partial charge in [0.2, 0.25) is 0 Å². The maximum absolute atomic E-state index is 2.49. The van der Waals surface area contributed by atoms with Crippen LogP contribution < -0.4 is 0 Å². The monoisotopic (exact) mass is 140 g/mol. The summed E-state index contributed by atoms with van der Waals surface area (Å²) in [6.07, 6.45) is 2.51. The Labute approximate surface area is 66.0 Å². The highest BCUT2D eigenvalue weighted by Gasteiger charge is 1.97. The summed E-state index contributed by atoms with van der Waals surface area (Å²) in [7, 11) is 2.23. The average Bonchev–Trinajstić information content (AvgIpc) is 1.98. The van der Waals surface area contributed by atoms with E-state index >= 15 is 0 Å². The zero-order valence-corrected chi connectivity index (χ0v) is 7.56. The first-order valence-electron chi connectivity index (χ1n) is 4.35. The molecular formula is C8H19BN. The van der Waals surface area contributed by atoms with E-state index in [1.807, 2.05) is 0 Å². The number of hydrogen-bond acceptors (Lipinski definition) is 1. The third-order valence-electron chi connectivity index (χ3n) is 1.72. The van der Waals surface area contributed by atoms with Crippen LogP contribution >= 0.6 is 0 Å². The van der Waals surface area contributed by atoms with Crippen molar-refractivity contribution < 1.29 is 0 Å². The summed E-state index contributed by atoms with van der Waals surface area (Å²) in [5.41, 5.74) is 0. The summed E-state index contributed by atoms with van der Waals surface area (Å²) in [6, 6.07) is 0. The van der Waals surface area contributed by atoms with Crippen molar-refractivity contribution in [1.29, 1.82) is 0 Å². The Balaban J connectivity index is 3.21. The van der Waals surface area contributed by atoms with E-state index < -0.39 is 0 Å². The van der Waals surface area contributed by atoms with Gasteiger partial charge in [-0.05, 0) is 26.1 Å². The Hall–Kier alpha value is 0.0249. The molecular weight excluding hydrogens is 121 g/mol. The van der Waals surface area contributed by atoms with Gasteiger partial charge >= 0.3 is 0 Å². The minimum absolute atomic E-state index is 1.20. The van der Waals surface area contributed by atoms with Gasteiger partial charge in [-0.25, -0.2) is 0 Å². The number of rotatable bonds is 6. The van der Waals surface area contributed by atoms with E-state index in [0.29, 0.717) is 0 Å². The molecule has 10 heavy (non-hydrogen) atoms. The summed E-state index contributed by atoms with van der Waals surface area (Å²) < 4.78 is 0. The Kier molecular flexibility index (Phi) is 7.15. The van der Waals surface area contributed by atoms with Gasteiger partial charge in [-0.1, -0.05) is 27.0 Å². The fraction of sp³-hybridized carbons (Fsp3) is 1.00. The van der Waals surface area contributed by atoms with Gasteiger partial charge in [0.05, 0.1) is 0 Å². The van der Waals surface area contributed by atoms with Crippen molar-refractivity contribution in [2.45, 2.75) is 33.4 Å². The molecule has 0 fully saturated rings. The molecule has 1 nitrogen and oxygen atoms in total. The lowest BCUT2D eigenvalue weighted by atomic mass is 9.78. The van der Waals surface area contributed by atoms with Gasteiger partial charge < -0.3 is 4.90 Å². The zero-order valence-electron chi connectivity index (χ0n) is 7.56. The molecule has 0 aromatic carbocycles. The quantitative estimate of drug-likeness (QED) is 0.509. The fourth-order valence-electron chi connectivity index (χ4n) is 1.06. The first-order valence-corrected chi connectivity index (χ1v) is 4.35. The summed E-state index contributed by atoms with van der Waals surface area (Å²) in [6.45, 7) is 10.3. The lowest BCUT2D eigenvalue weighted by molar-refractivity contribution is 0.304. The molecule has 59 valence electrons. The molecule has 0 aliphatic heterocycles. The predicted molar refractivity (Wildman–Crippen MR) is 48.8 cm³/mol. The largest absolute Gasteiger partial charge is 0.304 e. The van der Waals surface area contributed by atoms with E-state index in [1.165, 1.54) is 32.4 Å². The van der Waals surface area contributed by atoms with Gasteiger partial charge in [-0.15, -0.1) is 0 Å². The summed E-state index contributed by atoms with van der Waals surface area (Å²) in [5.74, 6) is 0. The zero-order chi connectivity index (χ0) is 7.82. The molecule has 0 unspecified atom stereocenters. The van der Waals surface area contributed by atoms with Crippen LogP contribution in [0.25, 0.3) is 0 Å². The molecule has 0 saturated carbocycles. The van der Waals surface area contributed by atoms with Crippen molar-refractivity contribution in [2.24, 2.45) is 0 Å². The highest BCUT2D eigenvalue weighted by Crippen LogP contribution is 1.92. The molecule has 0 heterocycles. The van der Waals surface area contributed by atoms with Crippen LogP contribution in [0.1, 0.15) is 20.3 Å². The van der Waals surface area contributed by atoms with Crippen LogP contribution in [0.4, 0.5) is 0 Å². The van der Waals surface area contributed by atoms with Gasteiger partial charge in [0.15, 0.2) is 0 Å². The van der Waals surface area contributed by atoms with Crippen LogP contribution in [0, 0.1) is 0 Å². The van der Waals surface area contributed by atoms with Crippen molar-refractivity contribution in [2.75, 3.05) is 19.6 Å². The molecule has 0 saturated heterocycles. The maximum Gasteiger partial charge on any atom is 0.107 e. The van der Waals surface area contributed by atoms with E-state index in [0.717, 1.165) is 0 Å². The Bertz CT molecular complexity index is 66.3. The topological polar surface area (TPSA) is 3.24 Å².